The van der Waals surface area contributed by atoms with Crippen LogP contribution in [0.25, 0.3) is 0 Å². The summed E-state index contributed by atoms with van der Waals surface area (Å²) in [6.07, 6.45) is 2.27. The lowest BCUT2D eigenvalue weighted by atomic mass is 10.1. The average Bonchev–Trinajstić information content (AvgIpc) is 3.15. The maximum atomic E-state index is 13.3. The molecule has 0 aliphatic carbocycles. The molecule has 0 saturated heterocycles. The minimum absolute atomic E-state index is 0.192. The number of halogens is 1. The zero-order valence-corrected chi connectivity index (χ0v) is 13.9. The zero-order chi connectivity index (χ0) is 18.1. The van der Waals surface area contributed by atoms with Gasteiger partial charge in [-0.1, -0.05) is 12.1 Å². The Balaban J connectivity index is 1.57. The summed E-state index contributed by atoms with van der Waals surface area (Å²) in [6, 6.07) is 9.45. The molecule has 3 heterocycles. The molecular weight excluding hydrogens is 337 g/mol. The molecule has 1 N–H and O–H groups in total. The van der Waals surface area contributed by atoms with E-state index >= 15 is 0 Å². The summed E-state index contributed by atoms with van der Waals surface area (Å²) in [4.78, 5) is 33.7. The Kier molecular flexibility index (Phi) is 4.12. The van der Waals surface area contributed by atoms with E-state index in [-0.39, 0.29) is 29.6 Å². The fourth-order valence-corrected chi connectivity index (χ4v) is 3.13. The number of benzene rings is 1. The number of carbonyl (C=O) groups excluding carboxylic acids is 1. The molecule has 132 valence electrons. The highest BCUT2D eigenvalue weighted by Crippen LogP contribution is 2.17. The van der Waals surface area contributed by atoms with Crippen LogP contribution in [-0.4, -0.2) is 27.3 Å². The highest BCUT2D eigenvalue weighted by molar-refractivity contribution is 5.91. The van der Waals surface area contributed by atoms with Gasteiger partial charge in [-0.2, -0.15) is 0 Å². The molecule has 1 aromatic carbocycles. The van der Waals surface area contributed by atoms with Crippen molar-refractivity contribution in [3.05, 3.63) is 87.2 Å². The molecule has 7 heteroatoms. The summed E-state index contributed by atoms with van der Waals surface area (Å²) >= 11 is 0. The van der Waals surface area contributed by atoms with Crippen molar-refractivity contribution >= 4 is 5.91 Å². The molecule has 4 rings (SSSR count). The van der Waals surface area contributed by atoms with E-state index < -0.39 is 0 Å². The van der Waals surface area contributed by atoms with Crippen LogP contribution in [0.1, 0.15) is 33.2 Å². The third-order valence-corrected chi connectivity index (χ3v) is 4.40. The van der Waals surface area contributed by atoms with Crippen molar-refractivity contribution in [3.63, 3.8) is 0 Å². The number of H-pyrrole nitrogens is 1. The largest absolute Gasteiger partial charge is 0.459 e. The minimum atomic E-state index is -0.324. The van der Waals surface area contributed by atoms with Gasteiger partial charge in [0, 0.05) is 19.4 Å². The van der Waals surface area contributed by atoms with Gasteiger partial charge >= 0.3 is 0 Å². The van der Waals surface area contributed by atoms with E-state index in [1.807, 2.05) is 0 Å². The molecule has 0 bridgehead atoms. The van der Waals surface area contributed by atoms with Gasteiger partial charge in [0.2, 0.25) is 0 Å². The summed E-state index contributed by atoms with van der Waals surface area (Å²) in [5, 5.41) is 0. The number of nitrogens with one attached hydrogen (secondary N) is 1. The van der Waals surface area contributed by atoms with Crippen molar-refractivity contribution < 1.29 is 13.6 Å². The third kappa shape index (κ3) is 3.15. The van der Waals surface area contributed by atoms with Crippen LogP contribution in [-0.2, 0) is 19.4 Å². The number of rotatable bonds is 3. The first-order valence-electron chi connectivity index (χ1n) is 8.28. The van der Waals surface area contributed by atoms with E-state index in [0.29, 0.717) is 36.5 Å². The minimum Gasteiger partial charge on any atom is -0.459 e. The maximum Gasteiger partial charge on any atom is 0.289 e. The summed E-state index contributed by atoms with van der Waals surface area (Å²) in [7, 11) is 0. The lowest BCUT2D eigenvalue weighted by Gasteiger charge is -2.27. The first kappa shape index (κ1) is 16.3. The molecule has 2 aromatic heterocycles. The van der Waals surface area contributed by atoms with Crippen molar-refractivity contribution in [2.45, 2.75) is 19.4 Å². The predicted octanol–water partition coefficient (Wildman–Crippen LogP) is 2.29. The summed E-state index contributed by atoms with van der Waals surface area (Å²) in [5.74, 6) is 0.171. The number of hydrogen-bond donors (Lipinski definition) is 1. The molecule has 0 fully saturated rings. The van der Waals surface area contributed by atoms with Crippen LogP contribution in [0.15, 0.2) is 51.9 Å². The van der Waals surface area contributed by atoms with Gasteiger partial charge in [0.1, 0.15) is 11.6 Å². The molecule has 0 saturated carbocycles. The van der Waals surface area contributed by atoms with E-state index in [2.05, 4.69) is 9.97 Å². The van der Waals surface area contributed by atoms with Crippen LogP contribution < -0.4 is 5.56 Å². The van der Waals surface area contributed by atoms with Gasteiger partial charge in [0.05, 0.1) is 24.1 Å². The van der Waals surface area contributed by atoms with Gasteiger partial charge < -0.3 is 14.3 Å². The topological polar surface area (TPSA) is 79.2 Å². The average molecular weight is 353 g/mol. The van der Waals surface area contributed by atoms with Crippen LogP contribution in [0.5, 0.6) is 0 Å². The maximum absolute atomic E-state index is 13.3. The lowest BCUT2D eigenvalue weighted by Crippen LogP contribution is -2.39. The smallest absolute Gasteiger partial charge is 0.289 e. The Bertz CT molecular complexity index is 1010. The van der Waals surface area contributed by atoms with Crippen molar-refractivity contribution in [2.75, 3.05) is 6.54 Å². The standard InChI is InChI=1S/C19H16FN3O3/c20-13-4-1-3-12(9-13)10-17-21-15-6-7-23(11-14(15)18(24)22-17)19(25)16-5-2-8-26-16/h1-5,8-9H,6-7,10-11H2,(H,21,22,24). The zero-order valence-electron chi connectivity index (χ0n) is 13.9. The number of hydrogen-bond acceptors (Lipinski definition) is 4. The normalized spacial score (nSPS) is 13.5. The van der Waals surface area contributed by atoms with Crippen LogP contribution in [0.4, 0.5) is 4.39 Å². The summed E-state index contributed by atoms with van der Waals surface area (Å²) < 4.78 is 18.5. The second kappa shape index (κ2) is 6.59. The van der Waals surface area contributed by atoms with Crippen LogP contribution in [0, 0.1) is 5.82 Å². The Morgan fingerprint density at radius 1 is 1.31 bits per heavy atom. The van der Waals surface area contributed by atoms with E-state index in [4.69, 9.17) is 4.42 Å². The Hall–Kier alpha value is -3.22. The van der Waals surface area contributed by atoms with E-state index in [9.17, 15) is 14.0 Å². The lowest BCUT2D eigenvalue weighted by molar-refractivity contribution is 0.0700. The first-order chi connectivity index (χ1) is 12.6. The molecule has 0 unspecified atom stereocenters. The van der Waals surface area contributed by atoms with Gasteiger partial charge in [-0.25, -0.2) is 9.37 Å². The molecule has 1 aliphatic heterocycles. The number of furan rings is 1. The van der Waals surface area contributed by atoms with E-state index in [1.165, 1.54) is 18.4 Å². The number of amides is 1. The summed E-state index contributed by atoms with van der Waals surface area (Å²) in [6.45, 7) is 0.653. The van der Waals surface area contributed by atoms with Gasteiger partial charge in [-0.15, -0.1) is 0 Å². The molecule has 0 atom stereocenters. The first-order valence-corrected chi connectivity index (χ1v) is 8.28. The van der Waals surface area contributed by atoms with Gasteiger partial charge in [-0.3, -0.25) is 9.59 Å². The van der Waals surface area contributed by atoms with Crippen LogP contribution in [0.3, 0.4) is 0 Å². The second-order valence-electron chi connectivity index (χ2n) is 6.20. The Morgan fingerprint density at radius 2 is 2.19 bits per heavy atom. The Labute approximate surface area is 148 Å². The summed E-state index contributed by atoms with van der Waals surface area (Å²) in [5.41, 5.74) is 1.64. The highest BCUT2D eigenvalue weighted by atomic mass is 19.1. The highest BCUT2D eigenvalue weighted by Gasteiger charge is 2.26. The Morgan fingerprint density at radius 3 is 2.96 bits per heavy atom. The third-order valence-electron chi connectivity index (χ3n) is 4.40. The monoisotopic (exact) mass is 353 g/mol. The predicted molar refractivity (Wildman–Crippen MR) is 91.2 cm³/mol. The van der Waals surface area contributed by atoms with Gasteiger partial charge in [0.15, 0.2) is 5.76 Å². The quantitative estimate of drug-likeness (QED) is 0.784. The number of nitrogens with zero attached hydrogens (tertiary/aromatic N) is 2. The van der Waals surface area contributed by atoms with Crippen LogP contribution >= 0.6 is 0 Å². The van der Waals surface area contributed by atoms with Crippen LogP contribution in [0.2, 0.25) is 0 Å². The second-order valence-corrected chi connectivity index (χ2v) is 6.20. The molecule has 1 amide bonds. The fourth-order valence-electron chi connectivity index (χ4n) is 3.13. The molecule has 6 nitrogen and oxygen atoms in total. The van der Waals surface area contributed by atoms with Gasteiger partial charge in [-0.05, 0) is 29.8 Å². The number of fused-ring (bicyclic) bond motifs is 1. The fraction of sp³-hybridized carbons (Fsp3) is 0.211. The molecular formula is C19H16FN3O3. The number of aromatic nitrogens is 2. The number of carbonyl (C=O) groups is 1. The van der Waals surface area contributed by atoms with E-state index in [0.717, 1.165) is 5.56 Å². The molecule has 0 spiro atoms. The molecule has 0 radical (unpaired) electrons. The molecule has 26 heavy (non-hydrogen) atoms. The van der Waals surface area contributed by atoms with Crippen molar-refractivity contribution in [3.8, 4) is 0 Å². The van der Waals surface area contributed by atoms with Crippen molar-refractivity contribution in [2.24, 2.45) is 0 Å². The molecule has 1 aliphatic rings. The van der Waals surface area contributed by atoms with Gasteiger partial charge in [0.25, 0.3) is 11.5 Å². The van der Waals surface area contributed by atoms with Crippen molar-refractivity contribution in [1.29, 1.82) is 0 Å². The van der Waals surface area contributed by atoms with Crippen molar-refractivity contribution in [1.82, 2.24) is 14.9 Å². The SMILES string of the molecule is O=C(c1ccco1)N1CCc2nc(Cc3cccc(F)c3)[nH]c(=O)c2C1. The number of aromatic amines is 1. The van der Waals surface area contributed by atoms with E-state index in [1.54, 1.807) is 29.2 Å². The molecule has 3 aromatic rings.